The second-order valence-electron chi connectivity index (χ2n) is 4.21. The summed E-state index contributed by atoms with van der Waals surface area (Å²) in [6.45, 7) is 2.20. The molecule has 0 heterocycles. The lowest BCUT2D eigenvalue weighted by molar-refractivity contribution is 0.0602. The summed E-state index contributed by atoms with van der Waals surface area (Å²) in [6, 6.07) is 3.78. The summed E-state index contributed by atoms with van der Waals surface area (Å²) < 4.78 is 4.68. The highest BCUT2D eigenvalue weighted by Gasteiger charge is 2.21. The quantitative estimate of drug-likeness (QED) is 0.561. The number of rotatable bonds is 1. The van der Waals surface area contributed by atoms with Crippen LogP contribution in [0.5, 0.6) is 0 Å². The third-order valence-corrected chi connectivity index (χ3v) is 2.91. The zero-order chi connectivity index (χ0) is 11.0. The van der Waals surface area contributed by atoms with Gasteiger partial charge in [0.25, 0.3) is 0 Å². The number of nitrogens with two attached hydrogens (primary N) is 1. The number of anilines is 1. The van der Waals surface area contributed by atoms with Gasteiger partial charge in [-0.25, -0.2) is 4.79 Å². The van der Waals surface area contributed by atoms with Crippen molar-refractivity contribution >= 4 is 11.7 Å². The van der Waals surface area contributed by atoms with E-state index in [0.717, 1.165) is 12.8 Å². The van der Waals surface area contributed by atoms with Crippen molar-refractivity contribution in [2.45, 2.75) is 19.8 Å². The van der Waals surface area contributed by atoms with E-state index in [1.165, 1.54) is 18.2 Å². The van der Waals surface area contributed by atoms with E-state index >= 15 is 0 Å². The van der Waals surface area contributed by atoms with Crippen LogP contribution >= 0.6 is 0 Å². The lowest BCUT2D eigenvalue weighted by Gasteiger charge is -2.06. The van der Waals surface area contributed by atoms with Crippen LogP contribution in [0.15, 0.2) is 12.1 Å². The summed E-state index contributed by atoms with van der Waals surface area (Å²) in [5, 5.41) is 0. The Balaban J connectivity index is 2.44. The highest BCUT2D eigenvalue weighted by molar-refractivity contribution is 5.95. The van der Waals surface area contributed by atoms with E-state index in [1.54, 1.807) is 0 Å². The maximum Gasteiger partial charge on any atom is 0.339 e. The van der Waals surface area contributed by atoms with Gasteiger partial charge in [-0.1, -0.05) is 6.92 Å². The molecule has 0 bridgehead atoms. The molecule has 3 heteroatoms. The van der Waals surface area contributed by atoms with Crippen molar-refractivity contribution < 1.29 is 9.53 Å². The fraction of sp³-hybridized carbons (Fsp3) is 0.417. The molecule has 0 saturated heterocycles. The van der Waals surface area contributed by atoms with Gasteiger partial charge < -0.3 is 10.5 Å². The molecule has 1 aromatic carbocycles. The third-order valence-electron chi connectivity index (χ3n) is 2.91. The predicted octanol–water partition coefficient (Wildman–Crippen LogP) is 1.79. The Hall–Kier alpha value is -1.51. The zero-order valence-electron chi connectivity index (χ0n) is 9.04. The SMILES string of the molecule is COC(=O)c1cc2c(cc1N)CC(C)C2. The standard InChI is InChI=1S/C12H15NO2/c1-7-3-8-5-10(12(14)15-2)11(13)6-9(8)4-7/h5-7H,3-4,13H2,1-2H3. The van der Waals surface area contributed by atoms with Crippen LogP contribution in [0.3, 0.4) is 0 Å². The smallest absolute Gasteiger partial charge is 0.339 e. The molecule has 0 amide bonds. The molecule has 1 aromatic rings. The van der Waals surface area contributed by atoms with Crippen LogP contribution < -0.4 is 5.73 Å². The number of hydrogen-bond acceptors (Lipinski definition) is 3. The first-order chi connectivity index (χ1) is 7.11. The van der Waals surface area contributed by atoms with Crippen LogP contribution in [-0.2, 0) is 17.6 Å². The van der Waals surface area contributed by atoms with E-state index < -0.39 is 0 Å². The van der Waals surface area contributed by atoms with Crippen molar-refractivity contribution in [3.63, 3.8) is 0 Å². The maximum atomic E-state index is 11.4. The predicted molar refractivity (Wildman–Crippen MR) is 58.8 cm³/mol. The lowest BCUT2D eigenvalue weighted by atomic mass is 10.0. The number of methoxy groups -OCH3 is 1. The average molecular weight is 205 g/mol. The molecule has 15 heavy (non-hydrogen) atoms. The monoisotopic (exact) mass is 205 g/mol. The Labute approximate surface area is 89.2 Å². The highest BCUT2D eigenvalue weighted by atomic mass is 16.5. The molecule has 3 nitrogen and oxygen atoms in total. The van der Waals surface area contributed by atoms with Gasteiger partial charge in [-0.15, -0.1) is 0 Å². The van der Waals surface area contributed by atoms with Gasteiger partial charge in [-0.3, -0.25) is 0 Å². The van der Waals surface area contributed by atoms with Gasteiger partial charge in [0.15, 0.2) is 0 Å². The molecule has 1 atom stereocenters. The zero-order valence-corrected chi connectivity index (χ0v) is 9.04. The normalized spacial score (nSPS) is 18.7. The van der Waals surface area contributed by atoms with Crippen molar-refractivity contribution in [3.8, 4) is 0 Å². The van der Waals surface area contributed by atoms with E-state index in [9.17, 15) is 4.79 Å². The Morgan fingerprint density at radius 2 is 2.00 bits per heavy atom. The summed E-state index contributed by atoms with van der Waals surface area (Å²) >= 11 is 0. The number of carbonyl (C=O) groups excluding carboxylic acids is 1. The largest absolute Gasteiger partial charge is 0.465 e. The van der Waals surface area contributed by atoms with Gasteiger partial charge in [-0.05, 0) is 42.0 Å². The highest BCUT2D eigenvalue weighted by Crippen LogP contribution is 2.30. The van der Waals surface area contributed by atoms with Gasteiger partial charge in [0.05, 0.1) is 12.7 Å². The van der Waals surface area contributed by atoms with Crippen LogP contribution in [0.1, 0.15) is 28.4 Å². The molecule has 0 fully saturated rings. The molecule has 1 unspecified atom stereocenters. The first kappa shape index (κ1) is 10.0. The van der Waals surface area contributed by atoms with Gasteiger partial charge in [0.1, 0.15) is 0 Å². The summed E-state index contributed by atoms with van der Waals surface area (Å²) in [4.78, 5) is 11.4. The van der Waals surface area contributed by atoms with Crippen molar-refractivity contribution in [3.05, 3.63) is 28.8 Å². The molecular formula is C12H15NO2. The van der Waals surface area contributed by atoms with E-state index in [4.69, 9.17) is 5.73 Å². The molecule has 0 saturated carbocycles. The minimum absolute atomic E-state index is 0.352. The van der Waals surface area contributed by atoms with Gasteiger partial charge in [0.2, 0.25) is 0 Å². The van der Waals surface area contributed by atoms with Crippen molar-refractivity contribution in [2.24, 2.45) is 5.92 Å². The van der Waals surface area contributed by atoms with Crippen LogP contribution in [0.2, 0.25) is 0 Å². The topological polar surface area (TPSA) is 52.3 Å². The minimum atomic E-state index is -0.352. The molecule has 0 aliphatic heterocycles. The summed E-state index contributed by atoms with van der Waals surface area (Å²) in [7, 11) is 1.37. The van der Waals surface area contributed by atoms with E-state index in [2.05, 4.69) is 11.7 Å². The van der Waals surface area contributed by atoms with Crippen LogP contribution in [0.4, 0.5) is 5.69 Å². The van der Waals surface area contributed by atoms with Crippen molar-refractivity contribution in [1.82, 2.24) is 0 Å². The van der Waals surface area contributed by atoms with Gasteiger partial charge >= 0.3 is 5.97 Å². The van der Waals surface area contributed by atoms with E-state index in [1.807, 2.05) is 12.1 Å². The number of carbonyl (C=O) groups is 1. The average Bonchev–Trinajstić information content (AvgIpc) is 2.55. The number of nitrogen functional groups attached to an aromatic ring is 1. The molecule has 0 radical (unpaired) electrons. The molecule has 1 aliphatic rings. The van der Waals surface area contributed by atoms with Crippen LogP contribution in [0, 0.1) is 5.92 Å². The lowest BCUT2D eigenvalue weighted by Crippen LogP contribution is -2.06. The Kier molecular flexibility index (Phi) is 2.39. The summed E-state index contributed by atoms with van der Waals surface area (Å²) in [6.07, 6.45) is 2.08. The van der Waals surface area contributed by atoms with E-state index in [0.29, 0.717) is 17.2 Å². The van der Waals surface area contributed by atoms with E-state index in [-0.39, 0.29) is 5.97 Å². The number of fused-ring (bicyclic) bond motifs is 1. The number of ether oxygens (including phenoxy) is 1. The Bertz CT molecular complexity index is 412. The summed E-state index contributed by atoms with van der Waals surface area (Å²) in [5.74, 6) is 0.294. The summed E-state index contributed by atoms with van der Waals surface area (Å²) in [5.41, 5.74) is 9.33. The first-order valence-corrected chi connectivity index (χ1v) is 5.11. The molecule has 0 spiro atoms. The van der Waals surface area contributed by atoms with Crippen LogP contribution in [0.25, 0.3) is 0 Å². The Morgan fingerprint density at radius 1 is 1.40 bits per heavy atom. The molecule has 1 aliphatic carbocycles. The fourth-order valence-corrected chi connectivity index (χ4v) is 2.20. The van der Waals surface area contributed by atoms with Gasteiger partial charge in [-0.2, -0.15) is 0 Å². The van der Waals surface area contributed by atoms with Gasteiger partial charge in [0, 0.05) is 5.69 Å². The first-order valence-electron chi connectivity index (χ1n) is 5.11. The molecular weight excluding hydrogens is 190 g/mol. The molecule has 0 aromatic heterocycles. The number of esters is 1. The van der Waals surface area contributed by atoms with Crippen molar-refractivity contribution in [2.75, 3.05) is 12.8 Å². The fourth-order valence-electron chi connectivity index (χ4n) is 2.20. The van der Waals surface area contributed by atoms with Crippen molar-refractivity contribution in [1.29, 1.82) is 0 Å². The number of hydrogen-bond donors (Lipinski definition) is 1. The Morgan fingerprint density at radius 3 is 2.60 bits per heavy atom. The third kappa shape index (κ3) is 1.69. The number of benzene rings is 1. The molecule has 80 valence electrons. The second kappa shape index (κ2) is 3.57. The minimum Gasteiger partial charge on any atom is -0.465 e. The molecule has 2 rings (SSSR count). The molecule has 2 N–H and O–H groups in total. The van der Waals surface area contributed by atoms with Crippen LogP contribution in [-0.4, -0.2) is 13.1 Å². The maximum absolute atomic E-state index is 11.4. The second-order valence-corrected chi connectivity index (χ2v) is 4.21.